The van der Waals surface area contributed by atoms with E-state index >= 15 is 0 Å². The average Bonchev–Trinajstić information content (AvgIpc) is 2.83. The lowest BCUT2D eigenvalue weighted by Crippen LogP contribution is -2.53. The lowest BCUT2D eigenvalue weighted by Gasteiger charge is -2.35. The van der Waals surface area contributed by atoms with Crippen LogP contribution in [0.3, 0.4) is 0 Å². The van der Waals surface area contributed by atoms with Gasteiger partial charge >= 0.3 is 5.97 Å². The number of esters is 1. The molecule has 2 atom stereocenters. The summed E-state index contributed by atoms with van der Waals surface area (Å²) < 4.78 is 38.0. The third kappa shape index (κ3) is 5.15. The third-order valence-corrected chi connectivity index (χ3v) is 7.98. The molecule has 2 aliphatic heterocycles. The van der Waals surface area contributed by atoms with Crippen LogP contribution in [0.25, 0.3) is 0 Å². The van der Waals surface area contributed by atoms with Crippen molar-refractivity contribution in [1.82, 2.24) is 9.21 Å². The van der Waals surface area contributed by atoms with Gasteiger partial charge in [-0.3, -0.25) is 9.59 Å². The molecule has 4 rings (SSSR count). The van der Waals surface area contributed by atoms with Gasteiger partial charge in [0.05, 0.1) is 10.8 Å². The summed E-state index contributed by atoms with van der Waals surface area (Å²) in [5, 5.41) is 0.559. The minimum Gasteiger partial charge on any atom is -0.492 e. The van der Waals surface area contributed by atoms with Crippen molar-refractivity contribution >= 4 is 33.5 Å². The zero-order chi connectivity index (χ0) is 23.6. The van der Waals surface area contributed by atoms with Crippen LogP contribution < -0.4 is 4.74 Å². The Hall–Kier alpha value is -2.62. The second-order valence-corrected chi connectivity index (χ2v) is 10.5. The number of ether oxygens (including phenoxy) is 2. The third-order valence-electron chi connectivity index (χ3n) is 5.83. The van der Waals surface area contributed by atoms with Gasteiger partial charge in [-0.15, -0.1) is 0 Å². The molecule has 33 heavy (non-hydrogen) atoms. The average molecular weight is 493 g/mol. The summed E-state index contributed by atoms with van der Waals surface area (Å²) in [6.07, 6.45) is -0.554. The predicted octanol–water partition coefficient (Wildman–Crippen LogP) is 2.36. The zero-order valence-electron chi connectivity index (χ0n) is 18.1. The summed E-state index contributed by atoms with van der Waals surface area (Å²) in [5.41, 5.74) is 0.824. The molecule has 2 aliphatic rings. The molecule has 1 amide bonds. The van der Waals surface area contributed by atoms with E-state index in [9.17, 15) is 18.0 Å². The SMILES string of the molecule is C[C@H](OC(=O)[C@@H]1COc2ccc(Cl)cc2C1)C(=O)N1CCN(S(=O)(=O)c2ccccc2)CC1. The van der Waals surface area contributed by atoms with Crippen molar-refractivity contribution in [3.8, 4) is 5.75 Å². The van der Waals surface area contributed by atoms with Crippen LogP contribution in [0.1, 0.15) is 12.5 Å². The van der Waals surface area contributed by atoms with Crippen molar-refractivity contribution in [3.63, 3.8) is 0 Å². The Labute approximate surface area is 198 Å². The van der Waals surface area contributed by atoms with E-state index < -0.39 is 28.0 Å². The molecule has 0 radical (unpaired) electrons. The molecule has 0 spiro atoms. The molecule has 1 fully saturated rings. The fourth-order valence-corrected chi connectivity index (χ4v) is 5.62. The number of nitrogens with zero attached hydrogens (tertiary/aromatic N) is 2. The van der Waals surface area contributed by atoms with Gasteiger partial charge in [-0.05, 0) is 49.2 Å². The maximum atomic E-state index is 12.8. The molecule has 8 nitrogen and oxygen atoms in total. The minimum absolute atomic E-state index is 0.171. The van der Waals surface area contributed by atoms with E-state index in [0.717, 1.165) is 5.56 Å². The largest absolute Gasteiger partial charge is 0.492 e. The molecule has 0 N–H and O–H groups in total. The highest BCUT2D eigenvalue weighted by molar-refractivity contribution is 7.89. The second-order valence-electron chi connectivity index (χ2n) is 8.09. The Bertz CT molecular complexity index is 1130. The van der Waals surface area contributed by atoms with Gasteiger partial charge in [0.1, 0.15) is 12.4 Å². The summed E-state index contributed by atoms with van der Waals surface area (Å²) in [6.45, 7) is 2.51. The van der Waals surface area contributed by atoms with Crippen molar-refractivity contribution < 1.29 is 27.5 Å². The molecule has 10 heteroatoms. The number of rotatable bonds is 5. The first-order valence-corrected chi connectivity index (χ1v) is 12.5. The van der Waals surface area contributed by atoms with Crippen LogP contribution in [0.4, 0.5) is 0 Å². The van der Waals surface area contributed by atoms with Crippen LogP contribution >= 0.6 is 11.6 Å². The normalized spacial score (nSPS) is 19.8. The van der Waals surface area contributed by atoms with Crippen LogP contribution in [0, 0.1) is 5.92 Å². The quantitative estimate of drug-likeness (QED) is 0.595. The summed E-state index contributed by atoms with van der Waals surface area (Å²) >= 11 is 6.03. The number of benzene rings is 2. The van der Waals surface area contributed by atoms with E-state index in [1.165, 1.54) is 16.1 Å². The summed E-state index contributed by atoms with van der Waals surface area (Å²) in [4.78, 5) is 27.2. The molecule has 0 aromatic heterocycles. The molecule has 2 aromatic carbocycles. The highest BCUT2D eigenvalue weighted by Crippen LogP contribution is 2.30. The van der Waals surface area contributed by atoms with E-state index in [0.29, 0.717) is 17.2 Å². The van der Waals surface area contributed by atoms with Gasteiger partial charge in [0.15, 0.2) is 6.10 Å². The number of carbonyl (C=O) groups is 2. The van der Waals surface area contributed by atoms with E-state index in [-0.39, 0.29) is 43.6 Å². The van der Waals surface area contributed by atoms with Gasteiger partial charge in [0, 0.05) is 31.2 Å². The van der Waals surface area contributed by atoms with Crippen LogP contribution in [-0.2, 0) is 30.8 Å². The fourth-order valence-electron chi connectivity index (χ4n) is 3.98. The van der Waals surface area contributed by atoms with Crippen molar-refractivity contribution in [1.29, 1.82) is 0 Å². The molecule has 0 saturated carbocycles. The number of hydrogen-bond donors (Lipinski definition) is 0. The summed E-state index contributed by atoms with van der Waals surface area (Å²) in [5.74, 6) is -0.693. The van der Waals surface area contributed by atoms with Crippen molar-refractivity contribution in [2.24, 2.45) is 5.92 Å². The first-order chi connectivity index (χ1) is 15.8. The standard InChI is InChI=1S/C23H25ClN2O6S/c1-16(32-23(28)18-13-17-14-19(24)7-8-21(17)31-15-18)22(27)25-9-11-26(12-10-25)33(29,30)20-5-3-2-4-6-20/h2-8,14,16,18H,9-13,15H2,1H3/t16-,18-/m0/s1. The van der Waals surface area contributed by atoms with Crippen molar-refractivity contribution in [2.45, 2.75) is 24.3 Å². The van der Waals surface area contributed by atoms with Gasteiger partial charge in [0.25, 0.3) is 5.91 Å². The molecular weight excluding hydrogens is 468 g/mol. The monoisotopic (exact) mass is 492 g/mol. The number of hydrogen-bond acceptors (Lipinski definition) is 6. The highest BCUT2D eigenvalue weighted by atomic mass is 35.5. The fraction of sp³-hybridized carbons (Fsp3) is 0.391. The molecule has 176 valence electrons. The van der Waals surface area contributed by atoms with Crippen molar-refractivity contribution in [2.75, 3.05) is 32.8 Å². The number of fused-ring (bicyclic) bond motifs is 1. The first-order valence-electron chi connectivity index (χ1n) is 10.7. The van der Waals surface area contributed by atoms with Crippen LogP contribution in [0.2, 0.25) is 5.02 Å². The smallest absolute Gasteiger partial charge is 0.313 e. The van der Waals surface area contributed by atoms with Gasteiger partial charge in [-0.25, -0.2) is 8.42 Å². The topological polar surface area (TPSA) is 93.2 Å². The molecule has 1 saturated heterocycles. The Morgan fingerprint density at radius 1 is 1.09 bits per heavy atom. The van der Waals surface area contributed by atoms with Gasteiger partial charge in [-0.2, -0.15) is 4.31 Å². The summed E-state index contributed by atoms with van der Waals surface area (Å²) in [6, 6.07) is 13.5. The Balaban J connectivity index is 1.31. The maximum Gasteiger partial charge on any atom is 0.313 e. The number of halogens is 1. The van der Waals surface area contributed by atoms with Crippen LogP contribution in [0.5, 0.6) is 5.75 Å². The molecule has 2 aromatic rings. The van der Waals surface area contributed by atoms with E-state index in [1.54, 1.807) is 48.5 Å². The van der Waals surface area contributed by atoms with E-state index in [4.69, 9.17) is 21.1 Å². The number of sulfonamides is 1. The van der Waals surface area contributed by atoms with Gasteiger partial charge < -0.3 is 14.4 Å². The zero-order valence-corrected chi connectivity index (χ0v) is 19.7. The first kappa shape index (κ1) is 23.5. The summed E-state index contributed by atoms with van der Waals surface area (Å²) in [7, 11) is -3.61. The van der Waals surface area contributed by atoms with E-state index in [2.05, 4.69) is 0 Å². The maximum absolute atomic E-state index is 12.8. The van der Waals surface area contributed by atoms with Gasteiger partial charge in [0.2, 0.25) is 10.0 Å². The molecule has 2 heterocycles. The minimum atomic E-state index is -3.61. The second kappa shape index (κ2) is 9.70. The number of piperazine rings is 1. The Morgan fingerprint density at radius 3 is 2.48 bits per heavy atom. The lowest BCUT2D eigenvalue weighted by molar-refractivity contribution is -0.164. The molecule has 0 aliphatic carbocycles. The molecule has 0 unspecified atom stereocenters. The van der Waals surface area contributed by atoms with Gasteiger partial charge in [-0.1, -0.05) is 29.8 Å². The predicted molar refractivity (Wildman–Crippen MR) is 121 cm³/mol. The van der Waals surface area contributed by atoms with E-state index in [1.807, 2.05) is 0 Å². The van der Waals surface area contributed by atoms with Crippen molar-refractivity contribution in [3.05, 3.63) is 59.1 Å². The number of carbonyl (C=O) groups excluding carboxylic acids is 2. The van der Waals surface area contributed by atoms with Crippen LogP contribution in [-0.4, -0.2) is 68.4 Å². The lowest BCUT2D eigenvalue weighted by atomic mass is 9.97. The molecular formula is C23H25ClN2O6S. The molecule has 0 bridgehead atoms. The van der Waals surface area contributed by atoms with Crippen LogP contribution in [0.15, 0.2) is 53.4 Å². The Morgan fingerprint density at radius 2 is 1.79 bits per heavy atom. The number of amides is 1. The Kier molecular flexibility index (Phi) is 6.92. The highest BCUT2D eigenvalue weighted by Gasteiger charge is 2.34.